The summed E-state index contributed by atoms with van der Waals surface area (Å²) in [6.07, 6.45) is 0.578. The Morgan fingerprint density at radius 2 is 1.75 bits per heavy atom. The van der Waals surface area contributed by atoms with Crippen molar-refractivity contribution in [3.8, 4) is 5.75 Å². The van der Waals surface area contributed by atoms with E-state index in [0.717, 1.165) is 0 Å². The van der Waals surface area contributed by atoms with Crippen LogP contribution in [0.3, 0.4) is 0 Å². The van der Waals surface area contributed by atoms with Gasteiger partial charge in [-0.15, -0.1) is 0 Å². The number of nitrogens with one attached hydrogen (secondary N) is 1. The maximum absolute atomic E-state index is 12.4. The van der Waals surface area contributed by atoms with Gasteiger partial charge >= 0.3 is 0 Å². The van der Waals surface area contributed by atoms with Crippen LogP contribution in [0.25, 0.3) is 0 Å². The zero-order valence-electron chi connectivity index (χ0n) is 13.1. The summed E-state index contributed by atoms with van der Waals surface area (Å²) in [6, 6.07) is 9.90. The van der Waals surface area contributed by atoms with Gasteiger partial charge in [0.05, 0.1) is 23.4 Å². The number of hydrogen-bond donors (Lipinski definition) is 1. The summed E-state index contributed by atoms with van der Waals surface area (Å²) in [4.78, 5) is 12.4. The van der Waals surface area contributed by atoms with Gasteiger partial charge in [-0.1, -0.05) is 47.8 Å². The van der Waals surface area contributed by atoms with Gasteiger partial charge in [-0.3, -0.25) is 4.79 Å². The third kappa shape index (κ3) is 4.41. The lowest BCUT2D eigenvalue weighted by atomic mass is 10.1. The molecule has 2 rings (SSSR count). The van der Waals surface area contributed by atoms with Crippen LogP contribution in [0.1, 0.15) is 29.3 Å². The van der Waals surface area contributed by atoms with Gasteiger partial charge in [0.1, 0.15) is 5.75 Å². The Kier molecular flexibility index (Phi) is 6.49. The van der Waals surface area contributed by atoms with Gasteiger partial charge in [0.25, 0.3) is 5.91 Å². The molecule has 2 aromatic rings. The number of ether oxygens (including phenoxy) is 1. The molecule has 126 valence electrons. The van der Waals surface area contributed by atoms with E-state index in [2.05, 4.69) is 10.5 Å². The smallest absolute Gasteiger partial charge is 0.275 e. The first-order valence-electron chi connectivity index (χ1n) is 7.12. The fourth-order valence-electron chi connectivity index (χ4n) is 2.09. The Hall–Kier alpha value is -1.75. The summed E-state index contributed by atoms with van der Waals surface area (Å²) in [7, 11) is 1.48. The fourth-order valence-corrected chi connectivity index (χ4v) is 2.78. The molecule has 0 unspecified atom stereocenters. The highest BCUT2D eigenvalue weighted by Crippen LogP contribution is 2.24. The lowest BCUT2D eigenvalue weighted by molar-refractivity contribution is 0.0952. The number of methoxy groups -OCH3 is 1. The van der Waals surface area contributed by atoms with Gasteiger partial charge in [-0.05, 0) is 36.8 Å². The third-order valence-corrected chi connectivity index (χ3v) is 4.06. The van der Waals surface area contributed by atoms with E-state index in [1.165, 1.54) is 13.2 Å². The highest BCUT2D eigenvalue weighted by molar-refractivity contribution is 6.37. The Bertz CT molecular complexity index is 791. The molecule has 0 aliphatic rings. The first-order valence-corrected chi connectivity index (χ1v) is 8.25. The summed E-state index contributed by atoms with van der Waals surface area (Å²) < 4.78 is 5.17. The van der Waals surface area contributed by atoms with Crippen molar-refractivity contribution in [2.24, 2.45) is 5.10 Å². The van der Waals surface area contributed by atoms with Crippen LogP contribution in [0.2, 0.25) is 15.1 Å². The number of carbonyl (C=O) groups is 1. The van der Waals surface area contributed by atoms with Crippen molar-refractivity contribution in [1.29, 1.82) is 0 Å². The summed E-state index contributed by atoms with van der Waals surface area (Å²) in [5.41, 5.74) is 4.15. The molecule has 0 saturated carbocycles. The number of benzene rings is 2. The van der Waals surface area contributed by atoms with Gasteiger partial charge in [-0.25, -0.2) is 5.43 Å². The molecule has 0 spiro atoms. The molecule has 0 bridgehead atoms. The quantitative estimate of drug-likeness (QED) is 0.568. The van der Waals surface area contributed by atoms with Gasteiger partial charge in [0.15, 0.2) is 0 Å². The molecule has 0 saturated heterocycles. The predicted molar refractivity (Wildman–Crippen MR) is 98.8 cm³/mol. The minimum Gasteiger partial charge on any atom is -0.496 e. The first-order chi connectivity index (χ1) is 11.5. The molecule has 0 fully saturated rings. The van der Waals surface area contributed by atoms with Gasteiger partial charge < -0.3 is 4.74 Å². The maximum Gasteiger partial charge on any atom is 0.275 e. The molecular formula is C17H15Cl3N2O2. The van der Waals surface area contributed by atoms with Crippen molar-refractivity contribution >= 4 is 46.4 Å². The van der Waals surface area contributed by atoms with E-state index in [9.17, 15) is 4.79 Å². The lowest BCUT2D eigenvalue weighted by Crippen LogP contribution is -2.20. The summed E-state index contributed by atoms with van der Waals surface area (Å²) in [5, 5.41) is 5.61. The van der Waals surface area contributed by atoms with Crippen molar-refractivity contribution in [1.82, 2.24) is 5.43 Å². The van der Waals surface area contributed by atoms with Crippen molar-refractivity contribution in [3.63, 3.8) is 0 Å². The van der Waals surface area contributed by atoms with E-state index in [-0.39, 0.29) is 0 Å². The van der Waals surface area contributed by atoms with Crippen molar-refractivity contribution < 1.29 is 9.53 Å². The highest BCUT2D eigenvalue weighted by Gasteiger charge is 2.14. The van der Waals surface area contributed by atoms with Crippen LogP contribution in [0.15, 0.2) is 41.5 Å². The Labute approximate surface area is 155 Å². The summed E-state index contributed by atoms with van der Waals surface area (Å²) in [6.45, 7) is 1.91. The Balaban J connectivity index is 2.27. The van der Waals surface area contributed by atoms with Crippen molar-refractivity contribution in [2.75, 3.05) is 7.11 Å². The molecule has 0 radical (unpaired) electrons. The number of hydrogen-bond acceptors (Lipinski definition) is 3. The minimum atomic E-state index is -0.426. The molecular weight excluding hydrogens is 371 g/mol. The van der Waals surface area contributed by atoms with Gasteiger partial charge in [0, 0.05) is 15.6 Å². The number of hydrazone groups is 1. The first kappa shape index (κ1) is 18.6. The van der Waals surface area contributed by atoms with Crippen LogP contribution in [0, 0.1) is 0 Å². The van der Waals surface area contributed by atoms with Crippen LogP contribution < -0.4 is 10.2 Å². The largest absolute Gasteiger partial charge is 0.496 e. The lowest BCUT2D eigenvalue weighted by Gasteiger charge is -2.10. The SMILES string of the molecule is CCC(=NNC(=O)c1cc(Cl)ccc1OC)c1ccc(Cl)cc1Cl. The summed E-state index contributed by atoms with van der Waals surface area (Å²) >= 11 is 18.0. The molecule has 0 heterocycles. The van der Waals surface area contributed by atoms with E-state index in [1.807, 2.05) is 6.92 Å². The van der Waals surface area contributed by atoms with E-state index >= 15 is 0 Å². The molecule has 0 aliphatic carbocycles. The van der Waals surface area contributed by atoms with E-state index in [1.54, 1.807) is 30.3 Å². The molecule has 24 heavy (non-hydrogen) atoms. The van der Waals surface area contributed by atoms with Crippen LogP contribution in [-0.2, 0) is 0 Å². The molecule has 4 nitrogen and oxygen atoms in total. The standard InChI is InChI=1S/C17H15Cl3N2O2/c1-3-15(12-6-4-11(19)9-14(12)20)21-22-17(23)13-8-10(18)5-7-16(13)24-2/h4-9H,3H2,1-2H3,(H,22,23). The molecule has 1 N–H and O–H groups in total. The molecule has 0 atom stereocenters. The molecule has 2 aromatic carbocycles. The number of rotatable bonds is 5. The molecule has 0 aromatic heterocycles. The molecule has 1 amide bonds. The van der Waals surface area contributed by atoms with Gasteiger partial charge in [0.2, 0.25) is 0 Å². The second-order valence-corrected chi connectivity index (χ2v) is 6.10. The topological polar surface area (TPSA) is 50.7 Å². The maximum atomic E-state index is 12.4. The number of nitrogens with zero attached hydrogens (tertiary/aromatic N) is 1. The zero-order valence-corrected chi connectivity index (χ0v) is 15.3. The monoisotopic (exact) mass is 384 g/mol. The van der Waals surface area contributed by atoms with Crippen molar-refractivity contribution in [3.05, 3.63) is 62.6 Å². The van der Waals surface area contributed by atoms with Crippen LogP contribution >= 0.6 is 34.8 Å². The molecule has 0 aliphatic heterocycles. The van der Waals surface area contributed by atoms with E-state index in [0.29, 0.717) is 44.1 Å². The minimum absolute atomic E-state index is 0.298. The Morgan fingerprint density at radius 3 is 2.38 bits per heavy atom. The number of amides is 1. The normalized spacial score (nSPS) is 11.3. The molecule has 7 heteroatoms. The average Bonchev–Trinajstić information content (AvgIpc) is 2.56. The fraction of sp³-hybridized carbons (Fsp3) is 0.176. The third-order valence-electron chi connectivity index (χ3n) is 3.28. The van der Waals surface area contributed by atoms with E-state index in [4.69, 9.17) is 39.5 Å². The highest BCUT2D eigenvalue weighted by atomic mass is 35.5. The average molecular weight is 386 g/mol. The van der Waals surface area contributed by atoms with Crippen LogP contribution in [0.4, 0.5) is 0 Å². The van der Waals surface area contributed by atoms with Crippen LogP contribution in [-0.4, -0.2) is 18.7 Å². The summed E-state index contributed by atoms with van der Waals surface area (Å²) in [5.74, 6) is -0.0138. The number of carbonyl (C=O) groups excluding carboxylic acids is 1. The Morgan fingerprint density at radius 1 is 1.08 bits per heavy atom. The zero-order chi connectivity index (χ0) is 17.7. The van der Waals surface area contributed by atoms with Crippen LogP contribution in [0.5, 0.6) is 5.75 Å². The predicted octanol–water partition coefficient (Wildman–Crippen LogP) is 5.20. The second kappa shape index (κ2) is 8.38. The van der Waals surface area contributed by atoms with Crippen molar-refractivity contribution in [2.45, 2.75) is 13.3 Å². The van der Waals surface area contributed by atoms with Gasteiger partial charge in [-0.2, -0.15) is 5.10 Å². The second-order valence-electron chi connectivity index (χ2n) is 4.82. The van der Waals surface area contributed by atoms with E-state index < -0.39 is 5.91 Å². The number of halogens is 3.